The normalized spacial score (nSPS) is 13.6. The second-order valence-corrected chi connectivity index (χ2v) is 12.2. The molecule has 2 aromatic carbocycles. The number of ether oxygens (including phenoxy) is 3. The molecular weight excluding hydrogens is 519 g/mol. The van der Waals surface area contributed by atoms with Gasteiger partial charge in [-0.25, -0.2) is 10.2 Å². The minimum atomic E-state index is -3.58. The molecule has 9 nitrogen and oxygen atoms in total. The number of phenols is 1. The van der Waals surface area contributed by atoms with Gasteiger partial charge in [0.05, 0.1) is 13.2 Å². The number of phenolic OH excluding ortho intramolecular Hbond substituents is 1. The third kappa shape index (κ3) is 9.09. The second kappa shape index (κ2) is 14.5. The summed E-state index contributed by atoms with van der Waals surface area (Å²) in [6.45, 7) is 15.1. The molecule has 0 aromatic heterocycles. The maximum Gasteiger partial charge on any atom is 0.323 e. The van der Waals surface area contributed by atoms with Gasteiger partial charge in [-0.15, -0.1) is 0 Å². The molecule has 0 radical (unpaired) electrons. The van der Waals surface area contributed by atoms with Crippen LogP contribution >= 0.6 is 7.44 Å². The first-order valence-electron chi connectivity index (χ1n) is 13.3. The van der Waals surface area contributed by atoms with Gasteiger partial charge in [0.25, 0.3) is 0 Å². The van der Waals surface area contributed by atoms with Crippen LogP contribution in [-0.4, -0.2) is 49.2 Å². The van der Waals surface area contributed by atoms with E-state index in [4.69, 9.17) is 14.2 Å². The zero-order valence-electron chi connectivity index (χ0n) is 24.3. The van der Waals surface area contributed by atoms with Crippen LogP contribution in [0.4, 0.5) is 0 Å². The highest BCUT2D eigenvalue weighted by molar-refractivity contribution is 7.59. The topological polar surface area (TPSA) is 123 Å². The summed E-state index contributed by atoms with van der Waals surface area (Å²) < 4.78 is 29.7. The van der Waals surface area contributed by atoms with Crippen LogP contribution in [0.15, 0.2) is 24.3 Å². The molecule has 2 rings (SSSR count). The summed E-state index contributed by atoms with van der Waals surface area (Å²) in [7, 11) is -3.58. The highest BCUT2D eigenvalue weighted by Crippen LogP contribution is 2.39. The molecule has 0 spiro atoms. The van der Waals surface area contributed by atoms with Crippen molar-refractivity contribution in [1.29, 1.82) is 0 Å². The fraction of sp³-hybridized carbons (Fsp3) is 0.517. The van der Waals surface area contributed by atoms with Crippen LogP contribution in [0.1, 0.15) is 73.9 Å². The van der Waals surface area contributed by atoms with Gasteiger partial charge in [0.1, 0.15) is 24.1 Å². The highest BCUT2D eigenvalue weighted by Gasteiger charge is 2.30. The minimum Gasteiger partial charge on any atom is -0.508 e. The number of aromatic hydroxyl groups is 1. The minimum absolute atomic E-state index is 0.189. The molecule has 10 heteroatoms. The first-order chi connectivity index (χ1) is 18.3. The number of esters is 2. The van der Waals surface area contributed by atoms with Crippen molar-refractivity contribution in [2.24, 2.45) is 0 Å². The molecule has 2 aromatic rings. The SMILES string of the molecule is CCOC(=O)CNP(=O)(COc1cc(C)c(Cc2ccc(O)c(C(C)C)c2)c(C)c1C)N[C@@H](C)C(=O)OCC. The number of rotatable bonds is 14. The Kier molecular flexibility index (Phi) is 12.0. The Labute approximate surface area is 232 Å². The molecule has 0 aliphatic rings. The largest absolute Gasteiger partial charge is 0.508 e. The van der Waals surface area contributed by atoms with E-state index in [0.717, 1.165) is 33.4 Å². The number of hydrogen-bond donors (Lipinski definition) is 3. The van der Waals surface area contributed by atoms with E-state index in [0.29, 0.717) is 17.9 Å². The van der Waals surface area contributed by atoms with Crippen molar-refractivity contribution in [2.75, 3.05) is 26.1 Å². The van der Waals surface area contributed by atoms with Crippen molar-refractivity contribution >= 4 is 19.4 Å². The summed E-state index contributed by atoms with van der Waals surface area (Å²) >= 11 is 0. The van der Waals surface area contributed by atoms with E-state index in [1.807, 2.05) is 52.8 Å². The van der Waals surface area contributed by atoms with Crippen LogP contribution in [-0.2, 0) is 30.0 Å². The molecule has 2 atom stereocenters. The van der Waals surface area contributed by atoms with E-state index in [2.05, 4.69) is 10.2 Å². The monoisotopic (exact) mass is 562 g/mol. The van der Waals surface area contributed by atoms with Crippen molar-refractivity contribution in [3.8, 4) is 11.5 Å². The maximum atomic E-state index is 13.7. The number of carbonyl (C=O) groups is 2. The van der Waals surface area contributed by atoms with E-state index in [9.17, 15) is 19.3 Å². The third-order valence-electron chi connectivity index (χ3n) is 6.53. The molecule has 0 saturated heterocycles. The van der Waals surface area contributed by atoms with Gasteiger partial charge in [0.2, 0.25) is 7.44 Å². The van der Waals surface area contributed by atoms with Gasteiger partial charge in [-0.05, 0) is 99.4 Å². The van der Waals surface area contributed by atoms with Crippen molar-refractivity contribution in [2.45, 2.75) is 73.8 Å². The van der Waals surface area contributed by atoms with E-state index in [1.165, 1.54) is 0 Å². The maximum absolute atomic E-state index is 13.7. The Hall–Kier alpha value is -2.87. The van der Waals surface area contributed by atoms with Crippen molar-refractivity contribution in [3.05, 3.63) is 57.6 Å². The van der Waals surface area contributed by atoms with Crippen molar-refractivity contribution in [3.63, 3.8) is 0 Å². The summed E-state index contributed by atoms with van der Waals surface area (Å²) in [6, 6.07) is 6.74. The second-order valence-electron chi connectivity index (χ2n) is 9.90. The lowest BCUT2D eigenvalue weighted by atomic mass is 9.91. The molecule has 0 amide bonds. The Morgan fingerprint density at radius 3 is 2.28 bits per heavy atom. The lowest BCUT2D eigenvalue weighted by Gasteiger charge is -2.25. The first kappa shape index (κ1) is 32.3. The summed E-state index contributed by atoms with van der Waals surface area (Å²) in [4.78, 5) is 24.1. The fourth-order valence-corrected chi connectivity index (χ4v) is 5.92. The summed E-state index contributed by atoms with van der Waals surface area (Å²) in [6.07, 6.45) is 0.391. The fourth-order valence-electron chi connectivity index (χ4n) is 4.23. The molecule has 0 aliphatic carbocycles. The average Bonchev–Trinajstić information content (AvgIpc) is 2.88. The average molecular weight is 563 g/mol. The van der Waals surface area contributed by atoms with Crippen LogP contribution in [0, 0.1) is 20.8 Å². The Morgan fingerprint density at radius 1 is 1.00 bits per heavy atom. The Balaban J connectivity index is 2.28. The van der Waals surface area contributed by atoms with Crippen LogP contribution in [0.25, 0.3) is 0 Å². The predicted molar refractivity (Wildman–Crippen MR) is 153 cm³/mol. The molecule has 0 fully saturated rings. The van der Waals surface area contributed by atoms with Gasteiger partial charge in [-0.2, -0.15) is 0 Å². The molecule has 3 N–H and O–H groups in total. The standard InChI is InChI=1S/C29H43N2O7P/c1-9-36-28(33)16-30-39(35,31-22(8)29(34)37-10-2)17-38-27-13-19(5)25(20(6)21(27)7)15-23-11-12-26(32)24(14-23)18(3)4/h11-14,18,22,32H,9-10,15-17H2,1-8H3,(H2,30,31,35)/t22-,39?/m0/s1. The van der Waals surface area contributed by atoms with Crippen LogP contribution in [0.5, 0.6) is 11.5 Å². The third-order valence-corrected chi connectivity index (χ3v) is 8.50. The van der Waals surface area contributed by atoms with Gasteiger partial charge in [-0.3, -0.25) is 14.2 Å². The van der Waals surface area contributed by atoms with E-state index in [1.54, 1.807) is 26.8 Å². The summed E-state index contributed by atoms with van der Waals surface area (Å²) in [5, 5.41) is 15.7. The smallest absolute Gasteiger partial charge is 0.323 e. The number of benzene rings is 2. The number of hydrogen-bond acceptors (Lipinski definition) is 7. The summed E-state index contributed by atoms with van der Waals surface area (Å²) in [5.74, 6) is -0.0545. The molecule has 0 aliphatic heterocycles. The molecule has 216 valence electrons. The first-order valence-corrected chi connectivity index (χ1v) is 15.2. The Bertz CT molecular complexity index is 1210. The highest BCUT2D eigenvalue weighted by atomic mass is 31.2. The zero-order valence-corrected chi connectivity index (χ0v) is 25.2. The zero-order chi connectivity index (χ0) is 29.3. The lowest BCUT2D eigenvalue weighted by Crippen LogP contribution is -2.39. The predicted octanol–water partition coefficient (Wildman–Crippen LogP) is 5.25. The van der Waals surface area contributed by atoms with Gasteiger partial charge >= 0.3 is 11.9 Å². The molecule has 1 unspecified atom stereocenters. The molecule has 0 bridgehead atoms. The molecule has 0 heterocycles. The molecular formula is C29H43N2O7P. The quantitative estimate of drug-likeness (QED) is 0.209. The van der Waals surface area contributed by atoms with E-state index < -0.39 is 25.4 Å². The summed E-state index contributed by atoms with van der Waals surface area (Å²) in [5.41, 5.74) is 6.11. The van der Waals surface area contributed by atoms with Crippen LogP contribution in [0.2, 0.25) is 0 Å². The van der Waals surface area contributed by atoms with Crippen molar-refractivity contribution in [1.82, 2.24) is 10.2 Å². The van der Waals surface area contributed by atoms with Crippen LogP contribution < -0.4 is 14.9 Å². The number of nitrogens with one attached hydrogen (secondary N) is 2. The number of carbonyl (C=O) groups excluding carboxylic acids is 2. The molecule has 39 heavy (non-hydrogen) atoms. The van der Waals surface area contributed by atoms with Gasteiger partial charge in [0, 0.05) is 0 Å². The lowest BCUT2D eigenvalue weighted by molar-refractivity contribution is -0.144. The Morgan fingerprint density at radius 2 is 1.67 bits per heavy atom. The van der Waals surface area contributed by atoms with Gasteiger partial charge < -0.3 is 19.3 Å². The van der Waals surface area contributed by atoms with Crippen LogP contribution in [0.3, 0.4) is 0 Å². The van der Waals surface area contributed by atoms with Gasteiger partial charge in [-0.1, -0.05) is 26.0 Å². The number of aryl methyl sites for hydroxylation is 1. The van der Waals surface area contributed by atoms with Crippen molar-refractivity contribution < 1.29 is 33.5 Å². The molecule has 0 saturated carbocycles. The van der Waals surface area contributed by atoms with E-state index in [-0.39, 0.29) is 32.0 Å². The van der Waals surface area contributed by atoms with E-state index >= 15 is 0 Å². The van der Waals surface area contributed by atoms with Gasteiger partial charge in [0.15, 0.2) is 6.35 Å².